The minimum Gasteiger partial charge on any atom is -0.378 e. The number of carbonyl (C=O) groups is 1. The van der Waals surface area contributed by atoms with Crippen LogP contribution in [0.4, 0.5) is 4.39 Å². The molecule has 4 nitrogen and oxygen atoms in total. The van der Waals surface area contributed by atoms with Crippen LogP contribution in [0.15, 0.2) is 18.2 Å². The van der Waals surface area contributed by atoms with Crippen LogP contribution in [0.25, 0.3) is 0 Å². The molecule has 1 aliphatic rings. The first-order valence-electron chi connectivity index (χ1n) is 6.17. The van der Waals surface area contributed by atoms with Crippen molar-refractivity contribution in [2.45, 2.75) is 12.5 Å². The highest BCUT2D eigenvalue weighted by Crippen LogP contribution is 2.19. The molecule has 104 valence electrons. The molecule has 0 spiro atoms. The maximum absolute atomic E-state index is 13.5. The molecule has 1 fully saturated rings. The van der Waals surface area contributed by atoms with E-state index in [4.69, 9.17) is 16.3 Å². The van der Waals surface area contributed by atoms with Crippen molar-refractivity contribution < 1.29 is 13.9 Å². The number of carbonyl (C=O) groups excluding carboxylic acids is 1. The van der Waals surface area contributed by atoms with E-state index in [1.807, 2.05) is 0 Å². The molecule has 2 rings (SSSR count). The molecule has 1 unspecified atom stereocenters. The fraction of sp³-hybridized carbons (Fsp3) is 0.462. The number of benzene rings is 1. The number of nitrogens with one attached hydrogen (secondary N) is 2. The van der Waals surface area contributed by atoms with E-state index in [1.54, 1.807) is 6.07 Å². The number of ether oxygens (including phenoxy) is 1. The molecule has 1 aromatic rings. The molecular weight excluding hydrogens is 271 g/mol. The summed E-state index contributed by atoms with van der Waals surface area (Å²) in [7, 11) is 0. The van der Waals surface area contributed by atoms with Gasteiger partial charge in [-0.25, -0.2) is 4.39 Å². The van der Waals surface area contributed by atoms with Gasteiger partial charge in [0.1, 0.15) is 5.82 Å². The van der Waals surface area contributed by atoms with Gasteiger partial charge in [-0.15, -0.1) is 0 Å². The summed E-state index contributed by atoms with van der Waals surface area (Å²) in [6.07, 6.45) is -0.0565. The third-order valence-corrected chi connectivity index (χ3v) is 3.30. The molecule has 1 saturated heterocycles. The van der Waals surface area contributed by atoms with Crippen LogP contribution in [0.5, 0.6) is 0 Å². The number of rotatable bonds is 4. The number of halogens is 2. The highest BCUT2D eigenvalue weighted by atomic mass is 35.5. The van der Waals surface area contributed by atoms with Crippen LogP contribution < -0.4 is 10.6 Å². The molecular formula is C13H16ClFN2O2. The van der Waals surface area contributed by atoms with Gasteiger partial charge in [0, 0.05) is 29.7 Å². The molecule has 2 N–H and O–H groups in total. The Balaban J connectivity index is 1.83. The smallest absolute Gasteiger partial charge is 0.224 e. The Hall–Kier alpha value is -1.17. The van der Waals surface area contributed by atoms with E-state index in [1.165, 1.54) is 12.1 Å². The molecule has 6 heteroatoms. The summed E-state index contributed by atoms with van der Waals surface area (Å²) in [5, 5.41) is 6.24. The highest BCUT2D eigenvalue weighted by Gasteiger charge is 2.15. The second kappa shape index (κ2) is 6.84. The molecule has 1 atom stereocenters. The minimum atomic E-state index is -0.457. The van der Waals surface area contributed by atoms with Crippen molar-refractivity contribution in [3.8, 4) is 0 Å². The molecule has 0 aromatic heterocycles. The average Bonchev–Trinajstić information content (AvgIpc) is 2.42. The van der Waals surface area contributed by atoms with Gasteiger partial charge < -0.3 is 15.4 Å². The van der Waals surface area contributed by atoms with E-state index in [0.717, 1.165) is 6.54 Å². The summed E-state index contributed by atoms with van der Waals surface area (Å²) >= 11 is 5.87. The van der Waals surface area contributed by atoms with Gasteiger partial charge in [-0.2, -0.15) is 0 Å². The molecule has 1 amide bonds. The fourth-order valence-electron chi connectivity index (χ4n) is 1.91. The summed E-state index contributed by atoms with van der Waals surface area (Å²) in [5.41, 5.74) is 0.231. The zero-order valence-corrected chi connectivity index (χ0v) is 11.2. The fourth-order valence-corrected chi connectivity index (χ4v) is 2.14. The summed E-state index contributed by atoms with van der Waals surface area (Å²) in [6.45, 7) is 2.50. The van der Waals surface area contributed by atoms with Crippen molar-refractivity contribution >= 4 is 17.5 Å². The van der Waals surface area contributed by atoms with E-state index < -0.39 is 5.82 Å². The monoisotopic (exact) mass is 286 g/mol. The van der Waals surface area contributed by atoms with E-state index in [9.17, 15) is 9.18 Å². The van der Waals surface area contributed by atoms with Crippen molar-refractivity contribution in [1.29, 1.82) is 0 Å². The molecule has 0 radical (unpaired) electrons. The summed E-state index contributed by atoms with van der Waals surface area (Å²) in [5.74, 6) is -0.707. The Labute approximate surface area is 116 Å². The maximum Gasteiger partial charge on any atom is 0.224 e. The van der Waals surface area contributed by atoms with E-state index in [2.05, 4.69) is 10.6 Å². The molecule has 1 aliphatic heterocycles. The van der Waals surface area contributed by atoms with Gasteiger partial charge in [0.15, 0.2) is 0 Å². The first kappa shape index (κ1) is 14.2. The summed E-state index contributed by atoms with van der Waals surface area (Å²) in [6, 6.07) is 4.49. The first-order chi connectivity index (χ1) is 9.16. The highest BCUT2D eigenvalue weighted by molar-refractivity contribution is 6.31. The lowest BCUT2D eigenvalue weighted by molar-refractivity contribution is -0.120. The molecule has 0 aliphatic carbocycles. The summed E-state index contributed by atoms with van der Waals surface area (Å²) in [4.78, 5) is 11.8. The lowest BCUT2D eigenvalue weighted by Crippen LogP contribution is -2.48. The quantitative estimate of drug-likeness (QED) is 0.872. The zero-order chi connectivity index (χ0) is 13.7. The van der Waals surface area contributed by atoms with E-state index in [-0.39, 0.29) is 29.0 Å². The van der Waals surface area contributed by atoms with Crippen LogP contribution in [-0.2, 0) is 16.0 Å². The topological polar surface area (TPSA) is 50.4 Å². The van der Waals surface area contributed by atoms with Crippen LogP contribution in [0.3, 0.4) is 0 Å². The Morgan fingerprint density at radius 2 is 2.42 bits per heavy atom. The number of hydrogen-bond donors (Lipinski definition) is 2. The van der Waals surface area contributed by atoms with Crippen molar-refractivity contribution in [3.63, 3.8) is 0 Å². The Bertz CT molecular complexity index is 430. The van der Waals surface area contributed by atoms with Gasteiger partial charge in [-0.3, -0.25) is 4.79 Å². The van der Waals surface area contributed by atoms with Crippen molar-refractivity contribution in [1.82, 2.24) is 10.6 Å². The van der Waals surface area contributed by atoms with Crippen LogP contribution >= 0.6 is 11.6 Å². The number of hydrogen-bond acceptors (Lipinski definition) is 3. The number of amides is 1. The summed E-state index contributed by atoms with van der Waals surface area (Å²) < 4.78 is 18.8. The van der Waals surface area contributed by atoms with Crippen LogP contribution in [-0.4, -0.2) is 38.3 Å². The van der Waals surface area contributed by atoms with E-state index >= 15 is 0 Å². The largest absolute Gasteiger partial charge is 0.378 e. The molecule has 0 bridgehead atoms. The van der Waals surface area contributed by atoms with Crippen molar-refractivity contribution in [2.24, 2.45) is 0 Å². The SMILES string of the molecule is O=C(Cc1c(F)cccc1Cl)NCC1COCCN1. The van der Waals surface area contributed by atoms with Crippen molar-refractivity contribution in [2.75, 3.05) is 26.3 Å². The van der Waals surface area contributed by atoms with E-state index in [0.29, 0.717) is 19.8 Å². The Kier molecular flexibility index (Phi) is 5.13. The Morgan fingerprint density at radius 3 is 3.11 bits per heavy atom. The lowest BCUT2D eigenvalue weighted by Gasteiger charge is -2.23. The minimum absolute atomic E-state index is 0.0565. The molecule has 0 saturated carbocycles. The Morgan fingerprint density at radius 1 is 1.58 bits per heavy atom. The van der Waals surface area contributed by atoms with Gasteiger partial charge >= 0.3 is 0 Å². The second-order valence-electron chi connectivity index (χ2n) is 4.41. The van der Waals surface area contributed by atoms with Gasteiger partial charge in [0.2, 0.25) is 5.91 Å². The standard InChI is InChI=1S/C13H16ClFN2O2/c14-11-2-1-3-12(15)10(11)6-13(18)17-7-9-8-19-5-4-16-9/h1-3,9,16H,4-8H2,(H,17,18). The predicted molar refractivity (Wildman–Crippen MR) is 70.7 cm³/mol. The van der Waals surface area contributed by atoms with Gasteiger partial charge in [0.05, 0.1) is 19.6 Å². The first-order valence-corrected chi connectivity index (χ1v) is 6.55. The zero-order valence-electron chi connectivity index (χ0n) is 10.4. The predicted octanol–water partition coefficient (Wildman–Crippen LogP) is 1.13. The van der Waals surface area contributed by atoms with Crippen LogP contribution in [0, 0.1) is 5.82 Å². The van der Waals surface area contributed by atoms with Crippen LogP contribution in [0.2, 0.25) is 5.02 Å². The maximum atomic E-state index is 13.5. The van der Waals surface area contributed by atoms with Gasteiger partial charge in [-0.05, 0) is 12.1 Å². The average molecular weight is 287 g/mol. The number of morpholine rings is 1. The molecule has 1 aromatic carbocycles. The molecule has 1 heterocycles. The third-order valence-electron chi connectivity index (χ3n) is 2.94. The van der Waals surface area contributed by atoms with Gasteiger partial charge in [0.25, 0.3) is 0 Å². The normalized spacial score (nSPS) is 19.2. The van der Waals surface area contributed by atoms with Gasteiger partial charge in [-0.1, -0.05) is 17.7 Å². The van der Waals surface area contributed by atoms with Crippen molar-refractivity contribution in [3.05, 3.63) is 34.6 Å². The molecule has 19 heavy (non-hydrogen) atoms. The lowest BCUT2D eigenvalue weighted by atomic mass is 10.1. The van der Waals surface area contributed by atoms with Crippen LogP contribution in [0.1, 0.15) is 5.56 Å². The third kappa shape index (κ3) is 4.16. The second-order valence-corrected chi connectivity index (χ2v) is 4.81.